The first-order chi connectivity index (χ1) is 14.1. The first-order valence-electron chi connectivity index (χ1n) is 9.89. The molecule has 3 aromatic heterocycles. The molecule has 5 rings (SSSR count). The quantitative estimate of drug-likeness (QED) is 0.514. The summed E-state index contributed by atoms with van der Waals surface area (Å²) >= 11 is 0. The summed E-state index contributed by atoms with van der Waals surface area (Å²) in [7, 11) is 2.02. The van der Waals surface area contributed by atoms with Crippen LogP contribution in [-0.2, 0) is 11.8 Å². The van der Waals surface area contributed by atoms with Gasteiger partial charge in [-0.25, -0.2) is 4.98 Å². The monoisotopic (exact) mass is 382 g/mol. The normalized spacial score (nSPS) is 14.1. The van der Waals surface area contributed by atoms with E-state index in [0.29, 0.717) is 6.42 Å². The van der Waals surface area contributed by atoms with Crippen LogP contribution < -0.4 is 4.90 Å². The number of rotatable bonds is 3. The summed E-state index contributed by atoms with van der Waals surface area (Å²) in [4.78, 5) is 22.9. The van der Waals surface area contributed by atoms with E-state index in [9.17, 15) is 4.79 Å². The number of benzene rings is 1. The van der Waals surface area contributed by atoms with Crippen molar-refractivity contribution in [2.24, 2.45) is 7.05 Å². The Balaban J connectivity index is 1.53. The van der Waals surface area contributed by atoms with E-state index in [1.165, 1.54) is 5.56 Å². The van der Waals surface area contributed by atoms with Gasteiger partial charge in [0.05, 0.1) is 0 Å². The number of aryl methyl sites for hydroxylation is 2. The molecule has 1 amide bonds. The number of hydrogen-bond donors (Lipinski definition) is 0. The van der Waals surface area contributed by atoms with E-state index in [0.717, 1.165) is 51.9 Å². The van der Waals surface area contributed by atoms with Crippen LogP contribution in [-0.4, -0.2) is 27.0 Å². The van der Waals surface area contributed by atoms with Crippen LogP contribution in [0.2, 0.25) is 0 Å². The third-order valence-corrected chi connectivity index (χ3v) is 5.68. The summed E-state index contributed by atoms with van der Waals surface area (Å²) in [5.74, 6) is 0.210. The van der Waals surface area contributed by atoms with Crippen molar-refractivity contribution < 1.29 is 4.79 Å². The first-order valence-corrected chi connectivity index (χ1v) is 9.89. The molecular formula is C24H22N4O. The maximum Gasteiger partial charge on any atom is 0.227 e. The van der Waals surface area contributed by atoms with Crippen molar-refractivity contribution >= 4 is 22.6 Å². The standard InChI is InChI=1S/C24H22N4O/c1-16-15-27(2)24-23(16)21(9-10-26-24)19-12-18(13-25-14-19)17-5-7-20(8-6-17)28-11-3-4-22(28)29/h5-10,12-15H,3-4,11H2,1-2H3. The zero-order valence-corrected chi connectivity index (χ0v) is 16.6. The molecule has 0 aliphatic carbocycles. The molecule has 0 unspecified atom stereocenters. The second-order valence-corrected chi connectivity index (χ2v) is 7.64. The Labute approximate surface area is 169 Å². The number of hydrogen-bond acceptors (Lipinski definition) is 3. The van der Waals surface area contributed by atoms with E-state index in [1.807, 2.05) is 42.7 Å². The molecule has 1 saturated heterocycles. The van der Waals surface area contributed by atoms with E-state index in [2.05, 4.69) is 51.9 Å². The summed E-state index contributed by atoms with van der Waals surface area (Å²) < 4.78 is 2.06. The molecule has 0 N–H and O–H groups in total. The topological polar surface area (TPSA) is 51.0 Å². The maximum atomic E-state index is 12.0. The summed E-state index contributed by atoms with van der Waals surface area (Å²) in [5, 5.41) is 1.16. The van der Waals surface area contributed by atoms with Crippen molar-refractivity contribution in [2.75, 3.05) is 11.4 Å². The minimum atomic E-state index is 0.210. The molecule has 4 heterocycles. The second-order valence-electron chi connectivity index (χ2n) is 7.64. The number of anilines is 1. The SMILES string of the molecule is Cc1cn(C)c2nccc(-c3cncc(-c4ccc(N5CCCC5=O)cc4)c3)c12. The third-order valence-electron chi connectivity index (χ3n) is 5.68. The van der Waals surface area contributed by atoms with Crippen LogP contribution in [0.15, 0.2) is 61.2 Å². The molecule has 1 aliphatic heterocycles. The molecule has 1 aromatic carbocycles. The molecule has 4 aromatic rings. The largest absolute Gasteiger partial charge is 0.335 e. The number of nitrogens with zero attached hydrogens (tertiary/aromatic N) is 4. The smallest absolute Gasteiger partial charge is 0.227 e. The molecule has 0 bridgehead atoms. The summed E-state index contributed by atoms with van der Waals surface area (Å²) in [6.45, 7) is 2.92. The Hall–Kier alpha value is -3.47. The van der Waals surface area contributed by atoms with Gasteiger partial charge in [-0.05, 0) is 54.3 Å². The van der Waals surface area contributed by atoms with Crippen LogP contribution in [0.5, 0.6) is 0 Å². The number of aromatic nitrogens is 3. The highest BCUT2D eigenvalue weighted by atomic mass is 16.2. The van der Waals surface area contributed by atoms with Gasteiger partial charge in [-0.1, -0.05) is 12.1 Å². The van der Waals surface area contributed by atoms with Gasteiger partial charge in [0.1, 0.15) is 5.65 Å². The van der Waals surface area contributed by atoms with E-state index in [4.69, 9.17) is 0 Å². The second kappa shape index (κ2) is 6.85. The average molecular weight is 382 g/mol. The number of carbonyl (C=O) groups is 1. The fraction of sp³-hybridized carbons (Fsp3) is 0.208. The molecule has 0 spiro atoms. The van der Waals surface area contributed by atoms with Crippen molar-refractivity contribution in [3.8, 4) is 22.3 Å². The van der Waals surface area contributed by atoms with Crippen molar-refractivity contribution in [3.63, 3.8) is 0 Å². The van der Waals surface area contributed by atoms with E-state index in [-0.39, 0.29) is 5.91 Å². The van der Waals surface area contributed by atoms with Gasteiger partial charge in [0, 0.05) is 67.0 Å². The lowest BCUT2D eigenvalue weighted by Gasteiger charge is -2.16. The number of amides is 1. The van der Waals surface area contributed by atoms with Gasteiger partial charge in [-0.3, -0.25) is 9.78 Å². The van der Waals surface area contributed by atoms with Crippen molar-refractivity contribution in [1.82, 2.24) is 14.5 Å². The highest BCUT2D eigenvalue weighted by molar-refractivity contribution is 5.97. The highest BCUT2D eigenvalue weighted by Crippen LogP contribution is 2.33. The van der Waals surface area contributed by atoms with Crippen LogP contribution in [0.1, 0.15) is 18.4 Å². The molecule has 5 heteroatoms. The maximum absolute atomic E-state index is 12.0. The van der Waals surface area contributed by atoms with E-state index < -0.39 is 0 Å². The number of fused-ring (bicyclic) bond motifs is 1. The predicted octanol–water partition coefficient (Wildman–Crippen LogP) is 4.74. The van der Waals surface area contributed by atoms with Gasteiger partial charge in [-0.15, -0.1) is 0 Å². The Morgan fingerprint density at radius 3 is 2.55 bits per heavy atom. The zero-order valence-electron chi connectivity index (χ0n) is 16.6. The number of pyridine rings is 2. The molecule has 29 heavy (non-hydrogen) atoms. The van der Waals surface area contributed by atoms with Gasteiger partial charge in [0.2, 0.25) is 5.91 Å². The summed E-state index contributed by atoms with van der Waals surface area (Å²) in [6, 6.07) is 12.4. The lowest BCUT2D eigenvalue weighted by Crippen LogP contribution is -2.23. The molecule has 144 valence electrons. The molecule has 0 atom stereocenters. The van der Waals surface area contributed by atoms with Crippen molar-refractivity contribution in [2.45, 2.75) is 19.8 Å². The van der Waals surface area contributed by atoms with Crippen LogP contribution >= 0.6 is 0 Å². The van der Waals surface area contributed by atoms with Gasteiger partial charge in [0.15, 0.2) is 0 Å². The molecule has 0 radical (unpaired) electrons. The molecular weight excluding hydrogens is 360 g/mol. The van der Waals surface area contributed by atoms with Crippen LogP contribution in [0.4, 0.5) is 5.69 Å². The van der Waals surface area contributed by atoms with Crippen molar-refractivity contribution in [1.29, 1.82) is 0 Å². The molecule has 1 fully saturated rings. The Bertz CT molecular complexity index is 1220. The van der Waals surface area contributed by atoms with Gasteiger partial charge < -0.3 is 9.47 Å². The van der Waals surface area contributed by atoms with E-state index >= 15 is 0 Å². The first kappa shape index (κ1) is 17.6. The predicted molar refractivity (Wildman–Crippen MR) is 116 cm³/mol. The molecule has 5 nitrogen and oxygen atoms in total. The fourth-order valence-electron chi connectivity index (χ4n) is 4.26. The summed E-state index contributed by atoms with van der Waals surface area (Å²) in [6.07, 6.45) is 9.33. The van der Waals surface area contributed by atoms with Gasteiger partial charge in [-0.2, -0.15) is 0 Å². The van der Waals surface area contributed by atoms with Crippen LogP contribution in [0.3, 0.4) is 0 Å². The zero-order chi connectivity index (χ0) is 20.0. The minimum Gasteiger partial charge on any atom is -0.335 e. The van der Waals surface area contributed by atoms with Crippen molar-refractivity contribution in [3.05, 3.63) is 66.7 Å². The molecule has 0 saturated carbocycles. The molecule has 1 aliphatic rings. The van der Waals surface area contributed by atoms with Crippen LogP contribution in [0.25, 0.3) is 33.3 Å². The Morgan fingerprint density at radius 1 is 1.00 bits per heavy atom. The fourth-order valence-corrected chi connectivity index (χ4v) is 4.26. The van der Waals surface area contributed by atoms with Crippen LogP contribution in [0, 0.1) is 6.92 Å². The highest BCUT2D eigenvalue weighted by Gasteiger charge is 2.21. The minimum absolute atomic E-state index is 0.210. The van der Waals surface area contributed by atoms with E-state index in [1.54, 1.807) is 0 Å². The lowest BCUT2D eigenvalue weighted by molar-refractivity contribution is -0.117. The number of carbonyl (C=O) groups excluding carboxylic acids is 1. The van der Waals surface area contributed by atoms with Gasteiger partial charge >= 0.3 is 0 Å². The Morgan fingerprint density at radius 2 is 1.79 bits per heavy atom. The average Bonchev–Trinajstić information content (AvgIpc) is 3.31. The Kier molecular flexibility index (Phi) is 4.16. The summed E-state index contributed by atoms with van der Waals surface area (Å²) in [5.41, 5.74) is 7.51. The third kappa shape index (κ3) is 2.99. The van der Waals surface area contributed by atoms with Gasteiger partial charge in [0.25, 0.3) is 0 Å². The lowest BCUT2D eigenvalue weighted by atomic mass is 9.99.